The first-order valence-electron chi connectivity index (χ1n) is 10.3. The van der Waals surface area contributed by atoms with Gasteiger partial charge in [-0.1, -0.05) is 29.8 Å². The van der Waals surface area contributed by atoms with E-state index in [1.807, 2.05) is 45.0 Å². The maximum absolute atomic E-state index is 13.0. The summed E-state index contributed by atoms with van der Waals surface area (Å²) >= 11 is 0. The number of fused-ring (bicyclic) bond motifs is 1. The lowest BCUT2D eigenvalue weighted by Gasteiger charge is -2.20. The maximum Gasteiger partial charge on any atom is 0.272 e. The number of amides is 3. The van der Waals surface area contributed by atoms with Crippen LogP contribution < -0.4 is 10.6 Å². The minimum atomic E-state index is -0.384. The van der Waals surface area contributed by atoms with E-state index >= 15 is 0 Å². The average Bonchev–Trinajstić information content (AvgIpc) is 3.06. The molecule has 2 aromatic rings. The molecule has 30 heavy (non-hydrogen) atoms. The summed E-state index contributed by atoms with van der Waals surface area (Å²) in [6.45, 7) is 7.76. The highest BCUT2D eigenvalue weighted by atomic mass is 16.2. The molecule has 160 valence electrons. The van der Waals surface area contributed by atoms with Crippen LogP contribution in [-0.2, 0) is 17.9 Å². The van der Waals surface area contributed by atoms with Gasteiger partial charge in [-0.25, -0.2) is 0 Å². The lowest BCUT2D eigenvalue weighted by atomic mass is 10.1. The summed E-state index contributed by atoms with van der Waals surface area (Å²) in [5.41, 5.74) is 2.86. The molecule has 1 aromatic carbocycles. The van der Waals surface area contributed by atoms with Crippen LogP contribution in [0.15, 0.2) is 30.3 Å². The Labute approximate surface area is 176 Å². The van der Waals surface area contributed by atoms with Crippen LogP contribution in [0.1, 0.15) is 58.8 Å². The van der Waals surface area contributed by atoms with Gasteiger partial charge in [0, 0.05) is 44.7 Å². The molecule has 0 fully saturated rings. The predicted molar refractivity (Wildman–Crippen MR) is 113 cm³/mol. The molecule has 3 amide bonds. The normalized spacial score (nSPS) is 13.7. The van der Waals surface area contributed by atoms with Crippen LogP contribution in [0, 0.1) is 6.92 Å². The van der Waals surface area contributed by atoms with Gasteiger partial charge in [-0.2, -0.15) is 5.10 Å². The van der Waals surface area contributed by atoms with Gasteiger partial charge < -0.3 is 15.5 Å². The van der Waals surface area contributed by atoms with Crippen molar-refractivity contribution in [1.82, 2.24) is 25.3 Å². The number of nitrogens with zero attached hydrogens (tertiary/aromatic N) is 3. The van der Waals surface area contributed by atoms with Crippen LogP contribution in [0.3, 0.4) is 0 Å². The number of aromatic nitrogens is 2. The standard InChI is InChI=1S/C22H29N5O3/c1-15(2)24-20(28)9-10-23-21(29)18-13-19-22(30)26(11-4-12-27(19)25-18)14-17-7-5-16(3)6-8-17/h5-8,13,15H,4,9-12,14H2,1-3H3,(H,23,29)(H,24,28). The van der Waals surface area contributed by atoms with Crippen molar-refractivity contribution >= 4 is 17.7 Å². The zero-order chi connectivity index (χ0) is 21.7. The van der Waals surface area contributed by atoms with Gasteiger partial charge in [0.1, 0.15) is 5.69 Å². The first-order chi connectivity index (χ1) is 14.3. The zero-order valence-electron chi connectivity index (χ0n) is 17.8. The summed E-state index contributed by atoms with van der Waals surface area (Å²) in [5.74, 6) is -0.630. The number of rotatable bonds is 7. The molecule has 1 aliphatic heterocycles. The van der Waals surface area contributed by atoms with E-state index in [0.717, 1.165) is 12.0 Å². The summed E-state index contributed by atoms with van der Waals surface area (Å²) in [6, 6.07) is 9.72. The van der Waals surface area contributed by atoms with Gasteiger partial charge in [-0.3, -0.25) is 19.1 Å². The Hall–Kier alpha value is -3.16. The third kappa shape index (κ3) is 5.46. The molecule has 0 aliphatic carbocycles. The van der Waals surface area contributed by atoms with E-state index in [4.69, 9.17) is 0 Å². The Balaban J connectivity index is 1.63. The van der Waals surface area contributed by atoms with Crippen LogP contribution >= 0.6 is 0 Å². The Bertz CT molecular complexity index is 917. The van der Waals surface area contributed by atoms with E-state index in [2.05, 4.69) is 15.7 Å². The van der Waals surface area contributed by atoms with E-state index < -0.39 is 0 Å². The quantitative estimate of drug-likeness (QED) is 0.727. The smallest absolute Gasteiger partial charge is 0.272 e. The summed E-state index contributed by atoms with van der Waals surface area (Å²) in [4.78, 5) is 38.9. The summed E-state index contributed by atoms with van der Waals surface area (Å²) in [6.07, 6.45) is 0.962. The largest absolute Gasteiger partial charge is 0.354 e. The number of nitrogens with one attached hydrogen (secondary N) is 2. The molecule has 2 N–H and O–H groups in total. The molecule has 0 radical (unpaired) electrons. The molecule has 0 spiro atoms. The van der Waals surface area contributed by atoms with Crippen LogP contribution in [0.25, 0.3) is 0 Å². The lowest BCUT2D eigenvalue weighted by molar-refractivity contribution is -0.121. The predicted octanol–water partition coefficient (Wildman–Crippen LogP) is 1.88. The highest BCUT2D eigenvalue weighted by Gasteiger charge is 2.26. The van der Waals surface area contributed by atoms with Crippen LogP contribution in [0.2, 0.25) is 0 Å². The van der Waals surface area contributed by atoms with E-state index in [9.17, 15) is 14.4 Å². The van der Waals surface area contributed by atoms with Gasteiger partial charge in [0.2, 0.25) is 5.91 Å². The summed E-state index contributed by atoms with van der Waals surface area (Å²) in [5, 5.41) is 9.79. The van der Waals surface area contributed by atoms with Crippen LogP contribution in [0.4, 0.5) is 0 Å². The van der Waals surface area contributed by atoms with Crippen molar-refractivity contribution in [2.24, 2.45) is 0 Å². The number of benzene rings is 1. The van der Waals surface area contributed by atoms with Crippen LogP contribution in [0.5, 0.6) is 0 Å². The molecule has 0 bridgehead atoms. The SMILES string of the molecule is Cc1ccc(CN2CCCn3nc(C(=O)NCCC(=O)NC(C)C)cc3C2=O)cc1. The average molecular weight is 412 g/mol. The molecule has 0 saturated heterocycles. The van der Waals surface area contributed by atoms with Crippen molar-refractivity contribution in [2.75, 3.05) is 13.1 Å². The number of hydrogen-bond donors (Lipinski definition) is 2. The second-order valence-corrected chi connectivity index (χ2v) is 7.93. The Morgan fingerprint density at radius 3 is 2.60 bits per heavy atom. The number of hydrogen-bond acceptors (Lipinski definition) is 4. The van der Waals surface area contributed by atoms with Gasteiger partial charge >= 0.3 is 0 Å². The first-order valence-corrected chi connectivity index (χ1v) is 10.3. The van der Waals surface area contributed by atoms with E-state index in [0.29, 0.717) is 25.3 Å². The number of carbonyl (C=O) groups is 3. The fourth-order valence-corrected chi connectivity index (χ4v) is 3.38. The molecule has 8 heteroatoms. The van der Waals surface area contributed by atoms with E-state index in [1.165, 1.54) is 5.56 Å². The first kappa shape index (κ1) is 21.5. The number of carbonyl (C=O) groups excluding carboxylic acids is 3. The Kier molecular flexibility index (Phi) is 6.87. The number of aryl methyl sites for hydroxylation is 2. The molecular weight excluding hydrogens is 382 g/mol. The second kappa shape index (κ2) is 9.56. The van der Waals surface area contributed by atoms with Crippen molar-refractivity contribution in [3.8, 4) is 0 Å². The minimum Gasteiger partial charge on any atom is -0.354 e. The van der Waals surface area contributed by atoms with Crippen LogP contribution in [-0.4, -0.2) is 51.5 Å². The van der Waals surface area contributed by atoms with Crippen molar-refractivity contribution < 1.29 is 14.4 Å². The summed E-state index contributed by atoms with van der Waals surface area (Å²) < 4.78 is 1.61. The fraction of sp³-hybridized carbons (Fsp3) is 0.455. The van der Waals surface area contributed by atoms with Crippen molar-refractivity contribution in [3.05, 3.63) is 52.8 Å². The third-order valence-corrected chi connectivity index (χ3v) is 4.90. The molecule has 1 aliphatic rings. The highest BCUT2D eigenvalue weighted by molar-refractivity contribution is 5.98. The zero-order valence-corrected chi connectivity index (χ0v) is 17.8. The van der Waals surface area contributed by atoms with Gasteiger partial charge in [0.15, 0.2) is 5.69 Å². The Morgan fingerprint density at radius 1 is 1.17 bits per heavy atom. The topological polar surface area (TPSA) is 96.3 Å². The molecule has 8 nitrogen and oxygen atoms in total. The maximum atomic E-state index is 13.0. The minimum absolute atomic E-state index is 0.0610. The second-order valence-electron chi connectivity index (χ2n) is 7.93. The molecule has 3 rings (SSSR count). The molecule has 0 atom stereocenters. The fourth-order valence-electron chi connectivity index (χ4n) is 3.38. The summed E-state index contributed by atoms with van der Waals surface area (Å²) in [7, 11) is 0. The van der Waals surface area contributed by atoms with Gasteiger partial charge in [0.25, 0.3) is 11.8 Å². The monoisotopic (exact) mass is 411 g/mol. The molecule has 0 unspecified atom stereocenters. The molecule has 2 heterocycles. The van der Waals surface area contributed by atoms with E-state index in [1.54, 1.807) is 15.6 Å². The van der Waals surface area contributed by atoms with E-state index in [-0.39, 0.29) is 42.4 Å². The highest BCUT2D eigenvalue weighted by Crippen LogP contribution is 2.17. The molecule has 0 saturated carbocycles. The van der Waals surface area contributed by atoms with Gasteiger partial charge in [-0.05, 0) is 32.8 Å². The lowest BCUT2D eigenvalue weighted by Crippen LogP contribution is -2.34. The molecule has 1 aromatic heterocycles. The van der Waals surface area contributed by atoms with Gasteiger partial charge in [-0.15, -0.1) is 0 Å². The Morgan fingerprint density at radius 2 is 1.90 bits per heavy atom. The van der Waals surface area contributed by atoms with Crippen molar-refractivity contribution in [1.29, 1.82) is 0 Å². The van der Waals surface area contributed by atoms with Crippen molar-refractivity contribution in [2.45, 2.75) is 52.7 Å². The van der Waals surface area contributed by atoms with Gasteiger partial charge in [0.05, 0.1) is 0 Å². The van der Waals surface area contributed by atoms with Crippen molar-refractivity contribution in [3.63, 3.8) is 0 Å². The molecular formula is C22H29N5O3. The third-order valence-electron chi connectivity index (χ3n) is 4.90.